The van der Waals surface area contributed by atoms with Crippen molar-refractivity contribution >= 4 is 19.6 Å². The quantitative estimate of drug-likeness (QED) is 0.289. The molecule has 1 heterocycles. The Bertz CT molecular complexity index is 1330. The molecule has 0 saturated heterocycles. The molecular weight excluding hydrogens is 441 g/mol. The first-order chi connectivity index (χ1) is 16.7. The van der Waals surface area contributed by atoms with Crippen LogP contribution in [0.3, 0.4) is 0 Å². The van der Waals surface area contributed by atoms with E-state index in [1.165, 1.54) is 0 Å². The third-order valence-corrected chi connectivity index (χ3v) is 7.53. The predicted octanol–water partition coefficient (Wildman–Crippen LogP) is 6.91. The Hall–Kier alpha value is -3.62. The van der Waals surface area contributed by atoms with Crippen LogP contribution in [0.4, 0.5) is 0 Å². The van der Waals surface area contributed by atoms with Gasteiger partial charge in [-0.3, -0.25) is 4.79 Å². The van der Waals surface area contributed by atoms with Crippen LogP contribution in [0.2, 0.25) is 0 Å². The van der Waals surface area contributed by atoms with Crippen molar-refractivity contribution in [2.75, 3.05) is 13.1 Å². The maximum atomic E-state index is 13.3. The van der Waals surface area contributed by atoms with Gasteiger partial charge in [-0.1, -0.05) is 72.8 Å². The van der Waals surface area contributed by atoms with Crippen LogP contribution < -0.4 is 14.4 Å². The molecule has 5 rings (SSSR count). The summed E-state index contributed by atoms with van der Waals surface area (Å²) in [6.45, 7) is 5.33. The normalized spacial score (nSPS) is 13.9. The Labute approximate surface area is 201 Å². The average Bonchev–Trinajstić information content (AvgIpc) is 2.90. The van der Waals surface area contributed by atoms with Crippen LogP contribution >= 0.6 is 8.38 Å². The summed E-state index contributed by atoms with van der Waals surface area (Å²) in [6.07, 6.45) is 0. The van der Waals surface area contributed by atoms with Crippen LogP contribution in [-0.2, 0) is 0 Å². The molecule has 1 unspecified atom stereocenters. The zero-order chi connectivity index (χ0) is 23.5. The Morgan fingerprint density at radius 2 is 1.32 bits per heavy atom. The van der Waals surface area contributed by atoms with Gasteiger partial charge in [0.1, 0.15) is 11.5 Å². The molecule has 170 valence electrons. The van der Waals surface area contributed by atoms with E-state index in [0.717, 1.165) is 33.3 Å². The van der Waals surface area contributed by atoms with Gasteiger partial charge in [0.25, 0.3) is 5.91 Å². The van der Waals surface area contributed by atoms with Crippen molar-refractivity contribution in [1.82, 2.24) is 4.90 Å². The maximum Gasteiger partial charge on any atom is 0.326 e. The molecular formula is C29H26NO3P. The molecule has 0 bridgehead atoms. The first kappa shape index (κ1) is 22.2. The predicted molar refractivity (Wildman–Crippen MR) is 139 cm³/mol. The zero-order valence-corrected chi connectivity index (χ0v) is 20.2. The summed E-state index contributed by atoms with van der Waals surface area (Å²) in [7, 11) is -1.40. The molecule has 4 aromatic rings. The number of fused-ring (bicyclic) bond motifs is 3. The van der Waals surface area contributed by atoms with Gasteiger partial charge in [-0.2, -0.15) is 0 Å². The SMILES string of the molecule is CCN(CC)C(=O)c1ccccc1-c1ccccc1OP1Oc2ccccc2-c2ccccc21. The second kappa shape index (κ2) is 9.70. The number of amides is 1. The van der Waals surface area contributed by atoms with Crippen molar-refractivity contribution in [3.05, 3.63) is 103 Å². The molecule has 0 saturated carbocycles. The second-order valence-corrected chi connectivity index (χ2v) is 9.33. The summed E-state index contributed by atoms with van der Waals surface area (Å²) < 4.78 is 13.0. The molecule has 1 aliphatic heterocycles. The largest absolute Gasteiger partial charge is 0.435 e. The summed E-state index contributed by atoms with van der Waals surface area (Å²) >= 11 is 0. The Morgan fingerprint density at radius 3 is 2.09 bits per heavy atom. The Morgan fingerprint density at radius 1 is 0.735 bits per heavy atom. The van der Waals surface area contributed by atoms with Crippen LogP contribution in [0.15, 0.2) is 97.1 Å². The average molecular weight is 468 g/mol. The lowest BCUT2D eigenvalue weighted by Crippen LogP contribution is -2.30. The molecule has 0 aromatic heterocycles. The minimum absolute atomic E-state index is 0.0225. The van der Waals surface area contributed by atoms with Gasteiger partial charge in [0.15, 0.2) is 0 Å². The summed E-state index contributed by atoms with van der Waals surface area (Å²) in [5.74, 6) is 1.54. The van der Waals surface area contributed by atoms with Gasteiger partial charge < -0.3 is 13.9 Å². The number of hydrogen-bond donors (Lipinski definition) is 0. The fourth-order valence-electron chi connectivity index (χ4n) is 4.28. The number of carbonyl (C=O) groups is 1. The van der Waals surface area contributed by atoms with Crippen LogP contribution in [-0.4, -0.2) is 23.9 Å². The lowest BCUT2D eigenvalue weighted by molar-refractivity contribution is 0.0774. The molecule has 1 atom stereocenters. The molecule has 0 spiro atoms. The minimum Gasteiger partial charge on any atom is -0.435 e. The molecule has 5 heteroatoms. The van der Waals surface area contributed by atoms with Gasteiger partial charge in [-0.15, -0.1) is 0 Å². The van der Waals surface area contributed by atoms with Crippen LogP contribution in [0, 0.1) is 0 Å². The molecule has 1 amide bonds. The second-order valence-electron chi connectivity index (χ2n) is 7.97. The van der Waals surface area contributed by atoms with E-state index < -0.39 is 8.38 Å². The molecule has 1 aliphatic rings. The summed E-state index contributed by atoms with van der Waals surface area (Å²) in [5.41, 5.74) is 4.61. The highest BCUT2D eigenvalue weighted by atomic mass is 31.2. The lowest BCUT2D eigenvalue weighted by atomic mass is 9.98. The Kier molecular flexibility index (Phi) is 6.33. The highest BCUT2D eigenvalue weighted by molar-refractivity contribution is 7.57. The number of nitrogens with zero attached hydrogens (tertiary/aromatic N) is 1. The van der Waals surface area contributed by atoms with Gasteiger partial charge in [0, 0.05) is 29.8 Å². The lowest BCUT2D eigenvalue weighted by Gasteiger charge is -2.28. The van der Waals surface area contributed by atoms with E-state index in [9.17, 15) is 4.79 Å². The summed E-state index contributed by atoms with van der Waals surface area (Å²) in [4.78, 5) is 15.1. The molecule has 0 fully saturated rings. The van der Waals surface area contributed by atoms with Crippen molar-refractivity contribution in [2.24, 2.45) is 0 Å². The van der Waals surface area contributed by atoms with Crippen LogP contribution in [0.5, 0.6) is 11.5 Å². The van der Waals surface area contributed by atoms with Crippen molar-refractivity contribution in [1.29, 1.82) is 0 Å². The van der Waals surface area contributed by atoms with Gasteiger partial charge in [-0.25, -0.2) is 0 Å². The summed E-state index contributed by atoms with van der Waals surface area (Å²) in [5, 5.41) is 1.04. The van der Waals surface area contributed by atoms with Crippen molar-refractivity contribution < 1.29 is 13.8 Å². The van der Waals surface area contributed by atoms with Crippen LogP contribution in [0.25, 0.3) is 22.3 Å². The monoisotopic (exact) mass is 467 g/mol. The van der Waals surface area contributed by atoms with E-state index in [2.05, 4.69) is 18.2 Å². The third-order valence-electron chi connectivity index (χ3n) is 6.03. The van der Waals surface area contributed by atoms with E-state index in [-0.39, 0.29) is 5.91 Å². The number of hydrogen-bond acceptors (Lipinski definition) is 3. The maximum absolute atomic E-state index is 13.3. The van der Waals surface area contributed by atoms with Gasteiger partial charge in [-0.05, 0) is 49.2 Å². The Balaban J connectivity index is 1.55. The van der Waals surface area contributed by atoms with Gasteiger partial charge >= 0.3 is 8.38 Å². The van der Waals surface area contributed by atoms with E-state index in [0.29, 0.717) is 24.4 Å². The molecule has 34 heavy (non-hydrogen) atoms. The number of para-hydroxylation sites is 2. The van der Waals surface area contributed by atoms with E-state index in [1.54, 1.807) is 0 Å². The van der Waals surface area contributed by atoms with E-state index in [1.807, 2.05) is 97.6 Å². The van der Waals surface area contributed by atoms with Gasteiger partial charge in [0.05, 0.1) is 5.30 Å². The first-order valence-corrected chi connectivity index (χ1v) is 12.7. The third kappa shape index (κ3) is 4.06. The smallest absolute Gasteiger partial charge is 0.326 e. The van der Waals surface area contributed by atoms with Crippen molar-refractivity contribution in [2.45, 2.75) is 13.8 Å². The number of carbonyl (C=O) groups excluding carboxylic acids is 1. The van der Waals surface area contributed by atoms with Crippen molar-refractivity contribution in [3.63, 3.8) is 0 Å². The fourth-order valence-corrected chi connectivity index (χ4v) is 5.79. The summed E-state index contributed by atoms with van der Waals surface area (Å²) in [6, 6.07) is 31.9. The zero-order valence-electron chi connectivity index (χ0n) is 19.3. The van der Waals surface area contributed by atoms with E-state index >= 15 is 0 Å². The first-order valence-electron chi connectivity index (χ1n) is 11.5. The molecule has 0 aliphatic carbocycles. The topological polar surface area (TPSA) is 38.8 Å². The van der Waals surface area contributed by atoms with Gasteiger partial charge in [0.2, 0.25) is 0 Å². The molecule has 0 N–H and O–H groups in total. The highest BCUT2D eigenvalue weighted by Gasteiger charge is 2.30. The number of benzene rings is 4. The standard InChI is InChI=1S/C29H26NO3P/c1-3-30(4-2)29(31)25-17-6-5-13-21(25)22-14-7-10-18-26(22)32-34-28-20-12-9-16-24(28)23-15-8-11-19-27(23)33-34/h5-20H,3-4H2,1-2H3. The van der Waals surface area contributed by atoms with Crippen molar-refractivity contribution in [3.8, 4) is 33.8 Å². The fraction of sp³-hybridized carbons (Fsp3) is 0.138. The molecule has 4 nitrogen and oxygen atoms in total. The minimum atomic E-state index is -1.40. The highest BCUT2D eigenvalue weighted by Crippen LogP contribution is 2.50. The number of rotatable bonds is 6. The van der Waals surface area contributed by atoms with E-state index in [4.69, 9.17) is 9.05 Å². The van der Waals surface area contributed by atoms with Crippen LogP contribution in [0.1, 0.15) is 24.2 Å². The molecule has 4 aromatic carbocycles. The molecule has 0 radical (unpaired) electrons.